The van der Waals surface area contributed by atoms with Crippen LogP contribution in [0.25, 0.3) is 0 Å². The van der Waals surface area contributed by atoms with Gasteiger partial charge in [0.1, 0.15) is 0 Å². The summed E-state index contributed by atoms with van der Waals surface area (Å²) in [5.41, 5.74) is 0. The fraction of sp³-hybridized carbons (Fsp3) is 0.727. The molecule has 0 aromatic carbocycles. The number of carboxylic acids is 1. The number of aliphatic hydroxyl groups excluding tert-OH is 1. The van der Waals surface area contributed by atoms with Gasteiger partial charge in [-0.1, -0.05) is 12.5 Å². The van der Waals surface area contributed by atoms with Crippen molar-refractivity contribution in [1.82, 2.24) is 5.32 Å². The average Bonchev–Trinajstić information content (AvgIpc) is 2.64. The first-order valence-electron chi connectivity index (χ1n) is 5.45. The Balaban J connectivity index is 2.11. The van der Waals surface area contributed by atoms with Crippen LogP contribution in [0.3, 0.4) is 0 Å². The number of aliphatic hydroxyl groups is 1. The third-order valence-corrected chi connectivity index (χ3v) is 2.98. The van der Waals surface area contributed by atoms with Crippen LogP contribution in [-0.2, 0) is 4.79 Å². The first-order chi connectivity index (χ1) is 7.24. The van der Waals surface area contributed by atoms with Crippen LogP contribution < -0.4 is 5.32 Å². The van der Waals surface area contributed by atoms with Gasteiger partial charge in [-0.2, -0.15) is 0 Å². The molecule has 0 aliphatic heterocycles. The Morgan fingerprint density at radius 2 is 2.13 bits per heavy atom. The Morgan fingerprint density at radius 3 is 2.80 bits per heavy atom. The van der Waals surface area contributed by atoms with E-state index in [0.717, 1.165) is 19.0 Å². The van der Waals surface area contributed by atoms with E-state index in [4.69, 9.17) is 10.2 Å². The zero-order chi connectivity index (χ0) is 11.1. The van der Waals surface area contributed by atoms with Crippen LogP contribution in [-0.4, -0.2) is 35.9 Å². The number of hydrogen-bond donors (Lipinski definition) is 3. The Labute approximate surface area is 90.0 Å². The molecule has 0 radical (unpaired) electrons. The normalized spacial score (nSPS) is 26.2. The van der Waals surface area contributed by atoms with E-state index >= 15 is 0 Å². The fourth-order valence-electron chi connectivity index (χ4n) is 2.13. The highest BCUT2D eigenvalue weighted by Crippen LogP contribution is 2.30. The van der Waals surface area contributed by atoms with E-state index in [0.29, 0.717) is 18.4 Å². The minimum atomic E-state index is -0.911. The maximum absolute atomic E-state index is 10.2. The summed E-state index contributed by atoms with van der Waals surface area (Å²) >= 11 is 0. The standard InChI is InChI=1S/C11H19NO3/c13-8-10-4-1-3-9(10)7-12-6-2-5-11(14)15/h2,5,9-10,12-13H,1,3-4,6-8H2,(H,14,15)/b5-2+. The Kier molecular flexibility index (Phi) is 5.36. The zero-order valence-corrected chi connectivity index (χ0v) is 8.85. The number of carboxylic acid groups (broad SMARTS) is 1. The van der Waals surface area contributed by atoms with Gasteiger partial charge in [-0.05, 0) is 31.2 Å². The van der Waals surface area contributed by atoms with Gasteiger partial charge in [0.25, 0.3) is 0 Å². The second-order valence-electron chi connectivity index (χ2n) is 4.03. The summed E-state index contributed by atoms with van der Waals surface area (Å²) in [6.45, 7) is 1.73. The fourth-order valence-corrected chi connectivity index (χ4v) is 2.13. The summed E-state index contributed by atoms with van der Waals surface area (Å²) < 4.78 is 0. The van der Waals surface area contributed by atoms with E-state index < -0.39 is 5.97 Å². The minimum absolute atomic E-state index is 0.275. The molecule has 1 aliphatic rings. The first-order valence-corrected chi connectivity index (χ1v) is 5.45. The summed E-state index contributed by atoms with van der Waals surface area (Å²) in [6, 6.07) is 0. The lowest BCUT2D eigenvalue weighted by molar-refractivity contribution is -0.131. The second-order valence-corrected chi connectivity index (χ2v) is 4.03. The van der Waals surface area contributed by atoms with Gasteiger partial charge in [0, 0.05) is 19.2 Å². The highest BCUT2D eigenvalue weighted by atomic mass is 16.4. The van der Waals surface area contributed by atoms with E-state index in [2.05, 4.69) is 5.32 Å². The van der Waals surface area contributed by atoms with Gasteiger partial charge in [-0.25, -0.2) is 4.79 Å². The van der Waals surface area contributed by atoms with Crippen LogP contribution in [0.2, 0.25) is 0 Å². The van der Waals surface area contributed by atoms with Crippen LogP contribution in [0, 0.1) is 11.8 Å². The minimum Gasteiger partial charge on any atom is -0.478 e. The van der Waals surface area contributed by atoms with Gasteiger partial charge >= 0.3 is 5.97 Å². The van der Waals surface area contributed by atoms with E-state index in [1.165, 1.54) is 12.8 Å². The van der Waals surface area contributed by atoms with Crippen molar-refractivity contribution in [2.75, 3.05) is 19.7 Å². The van der Waals surface area contributed by atoms with Crippen LogP contribution in [0.1, 0.15) is 19.3 Å². The lowest BCUT2D eigenvalue weighted by Gasteiger charge is -2.17. The molecule has 0 aromatic heterocycles. The molecule has 0 heterocycles. The smallest absolute Gasteiger partial charge is 0.328 e. The van der Waals surface area contributed by atoms with Crippen molar-refractivity contribution in [3.8, 4) is 0 Å². The van der Waals surface area contributed by atoms with Crippen molar-refractivity contribution in [1.29, 1.82) is 0 Å². The maximum atomic E-state index is 10.2. The quantitative estimate of drug-likeness (QED) is 0.447. The van der Waals surface area contributed by atoms with Crippen LogP contribution >= 0.6 is 0 Å². The number of aliphatic carboxylic acids is 1. The first kappa shape index (κ1) is 12.2. The van der Waals surface area contributed by atoms with Crippen molar-refractivity contribution < 1.29 is 15.0 Å². The maximum Gasteiger partial charge on any atom is 0.328 e. The number of rotatable bonds is 6. The zero-order valence-electron chi connectivity index (χ0n) is 8.85. The number of nitrogens with one attached hydrogen (secondary N) is 1. The summed E-state index contributed by atoms with van der Waals surface area (Å²) in [6.07, 6.45) is 6.23. The predicted octanol–water partition coefficient (Wildman–Crippen LogP) is 0.625. The van der Waals surface area contributed by atoms with E-state index in [9.17, 15) is 4.79 Å². The van der Waals surface area contributed by atoms with Crippen molar-refractivity contribution >= 4 is 5.97 Å². The molecule has 4 nitrogen and oxygen atoms in total. The largest absolute Gasteiger partial charge is 0.478 e. The van der Waals surface area contributed by atoms with Gasteiger partial charge in [-0.15, -0.1) is 0 Å². The highest BCUT2D eigenvalue weighted by Gasteiger charge is 2.25. The molecule has 1 rings (SSSR count). The number of carbonyl (C=O) groups is 1. The molecule has 1 saturated carbocycles. The molecule has 3 N–H and O–H groups in total. The molecule has 2 unspecified atom stereocenters. The second kappa shape index (κ2) is 6.58. The molecular formula is C11H19NO3. The average molecular weight is 213 g/mol. The van der Waals surface area contributed by atoms with Crippen LogP contribution in [0.4, 0.5) is 0 Å². The molecule has 0 aromatic rings. The van der Waals surface area contributed by atoms with Crippen molar-refractivity contribution in [3.05, 3.63) is 12.2 Å². The molecule has 4 heteroatoms. The molecule has 0 bridgehead atoms. The summed E-state index contributed by atoms with van der Waals surface area (Å²) in [7, 11) is 0. The van der Waals surface area contributed by atoms with Crippen LogP contribution in [0.5, 0.6) is 0 Å². The monoisotopic (exact) mass is 213 g/mol. The van der Waals surface area contributed by atoms with Crippen LogP contribution in [0.15, 0.2) is 12.2 Å². The highest BCUT2D eigenvalue weighted by molar-refractivity contribution is 5.79. The summed E-state index contributed by atoms with van der Waals surface area (Å²) in [4.78, 5) is 10.2. The molecule has 0 amide bonds. The molecule has 86 valence electrons. The van der Waals surface area contributed by atoms with Gasteiger partial charge < -0.3 is 15.5 Å². The third kappa shape index (κ3) is 4.44. The Morgan fingerprint density at radius 1 is 1.40 bits per heavy atom. The van der Waals surface area contributed by atoms with Gasteiger partial charge in [0.05, 0.1) is 0 Å². The SMILES string of the molecule is O=C(O)/C=C/CNCC1CCCC1CO. The van der Waals surface area contributed by atoms with Crippen molar-refractivity contribution in [3.63, 3.8) is 0 Å². The third-order valence-electron chi connectivity index (χ3n) is 2.98. The molecule has 0 saturated heterocycles. The van der Waals surface area contributed by atoms with Gasteiger partial charge in [0.15, 0.2) is 0 Å². The van der Waals surface area contributed by atoms with Gasteiger partial charge in [0.2, 0.25) is 0 Å². The molecule has 1 fully saturated rings. The lowest BCUT2D eigenvalue weighted by atomic mass is 9.97. The van der Waals surface area contributed by atoms with Crippen molar-refractivity contribution in [2.24, 2.45) is 11.8 Å². The molecule has 1 aliphatic carbocycles. The van der Waals surface area contributed by atoms with Gasteiger partial charge in [-0.3, -0.25) is 0 Å². The molecule has 15 heavy (non-hydrogen) atoms. The molecule has 0 spiro atoms. The topological polar surface area (TPSA) is 69.6 Å². The number of hydrogen-bond acceptors (Lipinski definition) is 3. The Bertz CT molecular complexity index is 228. The summed E-state index contributed by atoms with van der Waals surface area (Å²) in [5.74, 6) is 0.0695. The van der Waals surface area contributed by atoms with Crippen molar-refractivity contribution in [2.45, 2.75) is 19.3 Å². The lowest BCUT2D eigenvalue weighted by Crippen LogP contribution is -2.26. The predicted molar refractivity (Wildman–Crippen MR) is 57.6 cm³/mol. The van der Waals surface area contributed by atoms with E-state index in [-0.39, 0.29) is 6.61 Å². The van der Waals surface area contributed by atoms with E-state index in [1.807, 2.05) is 0 Å². The molecule has 2 atom stereocenters. The van der Waals surface area contributed by atoms with E-state index in [1.54, 1.807) is 6.08 Å². The summed E-state index contributed by atoms with van der Waals surface area (Å²) in [5, 5.41) is 20.6. The Hall–Kier alpha value is -0.870. The molecular weight excluding hydrogens is 194 g/mol.